The van der Waals surface area contributed by atoms with Crippen LogP contribution in [0.5, 0.6) is 0 Å². The minimum Gasteiger partial charge on any atom is -0.386 e. The Morgan fingerprint density at radius 2 is 1.80 bits per heavy atom. The number of rotatable bonds is 3. The van der Waals surface area contributed by atoms with Crippen molar-refractivity contribution in [1.29, 1.82) is 0 Å². The summed E-state index contributed by atoms with van der Waals surface area (Å²) in [5.41, 5.74) is 1.70. The van der Waals surface area contributed by atoms with Crippen LogP contribution in [-0.4, -0.2) is 11.4 Å². The Hall–Kier alpha value is -1.41. The van der Waals surface area contributed by atoms with Crippen molar-refractivity contribution < 1.29 is 9.90 Å². The molecule has 0 spiro atoms. The molecular formula is C13H16O2. The fraction of sp³-hybridized carbons (Fsp3) is 0.308. The van der Waals surface area contributed by atoms with E-state index in [0.717, 1.165) is 17.4 Å². The van der Waals surface area contributed by atoms with Gasteiger partial charge in [-0.15, -0.1) is 0 Å². The van der Waals surface area contributed by atoms with Gasteiger partial charge in [-0.3, -0.25) is 4.79 Å². The van der Waals surface area contributed by atoms with Gasteiger partial charge in [-0.05, 0) is 43.5 Å². The van der Waals surface area contributed by atoms with Gasteiger partial charge in [0.2, 0.25) is 0 Å². The lowest BCUT2D eigenvalue weighted by Gasteiger charge is -2.17. The average molecular weight is 204 g/mol. The van der Waals surface area contributed by atoms with Gasteiger partial charge < -0.3 is 5.11 Å². The molecule has 0 fully saturated rings. The van der Waals surface area contributed by atoms with Crippen molar-refractivity contribution in [3.63, 3.8) is 0 Å². The van der Waals surface area contributed by atoms with Gasteiger partial charge >= 0.3 is 0 Å². The molecular weight excluding hydrogens is 188 g/mol. The maximum absolute atomic E-state index is 10.4. The first-order valence-corrected chi connectivity index (χ1v) is 4.90. The Balaban J connectivity index is 2.96. The van der Waals surface area contributed by atoms with E-state index in [1.54, 1.807) is 26.8 Å². The number of aldehydes is 1. The molecule has 0 amide bonds. The zero-order valence-electron chi connectivity index (χ0n) is 9.32. The van der Waals surface area contributed by atoms with E-state index in [4.69, 9.17) is 0 Å². The molecule has 0 aliphatic carbocycles. The van der Waals surface area contributed by atoms with Crippen LogP contribution < -0.4 is 0 Å². The average Bonchev–Trinajstić information content (AvgIpc) is 2.17. The van der Waals surface area contributed by atoms with Crippen LogP contribution in [0, 0.1) is 0 Å². The highest BCUT2D eigenvalue weighted by Crippen LogP contribution is 2.20. The third-order valence-corrected chi connectivity index (χ3v) is 2.20. The highest BCUT2D eigenvalue weighted by atomic mass is 16.3. The Bertz CT molecular complexity index is 367. The van der Waals surface area contributed by atoms with Gasteiger partial charge in [0.25, 0.3) is 0 Å². The largest absolute Gasteiger partial charge is 0.386 e. The molecule has 0 saturated carbocycles. The molecule has 2 nitrogen and oxygen atoms in total. The molecule has 0 unspecified atom stereocenters. The van der Waals surface area contributed by atoms with Crippen molar-refractivity contribution in [3.8, 4) is 0 Å². The number of hydrogen-bond acceptors (Lipinski definition) is 2. The molecule has 15 heavy (non-hydrogen) atoms. The summed E-state index contributed by atoms with van der Waals surface area (Å²) < 4.78 is 0. The summed E-state index contributed by atoms with van der Waals surface area (Å²) in [6.45, 7) is 5.25. The smallest absolute Gasteiger partial charge is 0.145 e. The Morgan fingerprint density at radius 1 is 1.27 bits per heavy atom. The van der Waals surface area contributed by atoms with E-state index in [-0.39, 0.29) is 0 Å². The molecule has 0 bridgehead atoms. The second-order valence-electron chi connectivity index (χ2n) is 4.19. The molecule has 0 radical (unpaired) electrons. The molecule has 1 aromatic carbocycles. The maximum Gasteiger partial charge on any atom is 0.145 e. The third kappa shape index (κ3) is 3.33. The summed E-state index contributed by atoms with van der Waals surface area (Å²) in [6, 6.07) is 7.51. The van der Waals surface area contributed by atoms with Gasteiger partial charge in [0.05, 0.1) is 5.60 Å². The van der Waals surface area contributed by atoms with Crippen molar-refractivity contribution in [1.82, 2.24) is 0 Å². The van der Waals surface area contributed by atoms with E-state index in [2.05, 4.69) is 0 Å². The summed E-state index contributed by atoms with van der Waals surface area (Å²) in [6.07, 6.45) is 2.63. The number of carbonyl (C=O) groups excluding carboxylic acids is 1. The molecule has 0 heterocycles. The minimum atomic E-state index is -0.818. The first-order chi connectivity index (χ1) is 6.93. The monoisotopic (exact) mass is 204 g/mol. The summed E-state index contributed by atoms with van der Waals surface area (Å²) >= 11 is 0. The quantitative estimate of drug-likeness (QED) is 0.606. The van der Waals surface area contributed by atoms with E-state index in [1.165, 1.54) is 0 Å². The van der Waals surface area contributed by atoms with Crippen molar-refractivity contribution in [2.24, 2.45) is 0 Å². The van der Waals surface area contributed by atoms with Crippen molar-refractivity contribution in [2.75, 3.05) is 0 Å². The van der Waals surface area contributed by atoms with E-state index < -0.39 is 5.60 Å². The van der Waals surface area contributed by atoms with Crippen LogP contribution in [0.15, 0.2) is 29.8 Å². The third-order valence-electron chi connectivity index (χ3n) is 2.20. The molecule has 0 saturated heterocycles. The molecule has 0 aromatic heterocycles. The van der Waals surface area contributed by atoms with Crippen LogP contribution >= 0.6 is 0 Å². The van der Waals surface area contributed by atoms with Gasteiger partial charge in [-0.2, -0.15) is 0 Å². The molecule has 80 valence electrons. The lowest BCUT2D eigenvalue weighted by atomic mass is 9.97. The predicted octanol–water partition coefficient (Wildman–Crippen LogP) is 2.52. The summed E-state index contributed by atoms with van der Waals surface area (Å²) in [5, 5.41) is 9.74. The minimum absolute atomic E-state index is 0.686. The molecule has 0 atom stereocenters. The van der Waals surface area contributed by atoms with E-state index in [9.17, 15) is 9.90 Å². The van der Waals surface area contributed by atoms with Crippen LogP contribution in [0.1, 0.15) is 31.9 Å². The summed E-state index contributed by atoms with van der Waals surface area (Å²) in [5.74, 6) is 0. The maximum atomic E-state index is 10.4. The van der Waals surface area contributed by atoms with Crippen LogP contribution in [0.4, 0.5) is 0 Å². The second kappa shape index (κ2) is 4.41. The number of aliphatic hydroxyl groups is 1. The Morgan fingerprint density at radius 3 is 2.20 bits per heavy atom. The SMILES string of the molecule is C/C(C=O)=C\c1ccc(C(C)(C)O)cc1. The van der Waals surface area contributed by atoms with E-state index >= 15 is 0 Å². The topological polar surface area (TPSA) is 37.3 Å². The second-order valence-corrected chi connectivity index (χ2v) is 4.19. The lowest BCUT2D eigenvalue weighted by Crippen LogP contribution is -2.14. The number of benzene rings is 1. The molecule has 1 N–H and O–H groups in total. The Kier molecular flexibility index (Phi) is 3.43. The first-order valence-electron chi connectivity index (χ1n) is 4.90. The lowest BCUT2D eigenvalue weighted by molar-refractivity contribution is -0.104. The van der Waals surface area contributed by atoms with Gasteiger partial charge in [-0.25, -0.2) is 0 Å². The molecule has 2 heteroatoms. The normalized spacial score (nSPS) is 12.7. The van der Waals surface area contributed by atoms with E-state index in [0.29, 0.717) is 5.57 Å². The fourth-order valence-electron chi connectivity index (χ4n) is 1.28. The molecule has 0 aliphatic rings. The molecule has 1 rings (SSSR count). The highest BCUT2D eigenvalue weighted by molar-refractivity contribution is 5.80. The number of carbonyl (C=O) groups is 1. The van der Waals surface area contributed by atoms with Crippen molar-refractivity contribution in [2.45, 2.75) is 26.4 Å². The number of hydrogen-bond donors (Lipinski definition) is 1. The zero-order chi connectivity index (χ0) is 11.5. The van der Waals surface area contributed by atoms with Gasteiger partial charge in [-0.1, -0.05) is 24.3 Å². The van der Waals surface area contributed by atoms with Crippen LogP contribution in [-0.2, 0) is 10.4 Å². The Labute approximate surface area is 90.3 Å². The zero-order valence-corrected chi connectivity index (χ0v) is 9.32. The summed E-state index contributed by atoms with van der Waals surface area (Å²) in [7, 11) is 0. The molecule has 0 aliphatic heterocycles. The predicted molar refractivity (Wildman–Crippen MR) is 61.4 cm³/mol. The van der Waals surface area contributed by atoms with Gasteiger partial charge in [0, 0.05) is 0 Å². The van der Waals surface area contributed by atoms with Gasteiger partial charge in [0.15, 0.2) is 0 Å². The first kappa shape index (κ1) is 11.7. The van der Waals surface area contributed by atoms with Crippen LogP contribution in [0.2, 0.25) is 0 Å². The van der Waals surface area contributed by atoms with Crippen molar-refractivity contribution >= 4 is 12.4 Å². The standard InChI is InChI=1S/C13H16O2/c1-10(9-14)8-11-4-6-12(7-5-11)13(2,3)15/h4-9,15H,1-3H3/b10-8+. The van der Waals surface area contributed by atoms with Crippen LogP contribution in [0.3, 0.4) is 0 Å². The molecule has 1 aromatic rings. The number of allylic oxidation sites excluding steroid dienone is 1. The van der Waals surface area contributed by atoms with Crippen LogP contribution in [0.25, 0.3) is 6.08 Å². The fourth-order valence-corrected chi connectivity index (χ4v) is 1.28. The van der Waals surface area contributed by atoms with E-state index in [1.807, 2.05) is 24.3 Å². The highest BCUT2D eigenvalue weighted by Gasteiger charge is 2.14. The van der Waals surface area contributed by atoms with Crippen molar-refractivity contribution in [3.05, 3.63) is 41.0 Å². The van der Waals surface area contributed by atoms with Gasteiger partial charge in [0.1, 0.15) is 6.29 Å². The summed E-state index contributed by atoms with van der Waals surface area (Å²) in [4.78, 5) is 10.4.